The van der Waals surface area contributed by atoms with Crippen LogP contribution in [0.1, 0.15) is 119 Å². The van der Waals surface area contributed by atoms with Gasteiger partial charge in [0.05, 0.1) is 39.0 Å². The Hall–Kier alpha value is -6.53. The minimum absolute atomic E-state index is 0.00975. The largest absolute Gasteiger partial charge is 0.391 e. The molecule has 3 fully saturated rings. The first-order chi connectivity index (χ1) is 34.2. The molecule has 5 heterocycles. The summed E-state index contributed by atoms with van der Waals surface area (Å²) in [6, 6.07) is 14.0. The molecule has 0 radical (unpaired) electrons. The van der Waals surface area contributed by atoms with E-state index in [1.54, 1.807) is 29.9 Å². The van der Waals surface area contributed by atoms with E-state index >= 15 is 0 Å². The summed E-state index contributed by atoms with van der Waals surface area (Å²) >= 11 is 1.58. The summed E-state index contributed by atoms with van der Waals surface area (Å²) in [4.78, 5) is 87.6. The van der Waals surface area contributed by atoms with Crippen molar-refractivity contribution in [2.45, 2.75) is 142 Å². The molecule has 0 unspecified atom stereocenters. The lowest BCUT2D eigenvalue weighted by Crippen LogP contribution is -2.57. The highest BCUT2D eigenvalue weighted by Gasteiger charge is 2.44. The van der Waals surface area contributed by atoms with Gasteiger partial charge in [-0.3, -0.25) is 29.0 Å². The van der Waals surface area contributed by atoms with Crippen molar-refractivity contribution in [2.24, 2.45) is 11.3 Å². The highest BCUT2D eigenvalue weighted by molar-refractivity contribution is 7.13. The summed E-state index contributed by atoms with van der Waals surface area (Å²) in [6.07, 6.45) is 12.4. The molecule has 3 aliphatic rings. The number of rotatable bonds is 20. The molecule has 5 amide bonds. The van der Waals surface area contributed by atoms with Crippen LogP contribution in [0, 0.1) is 18.3 Å². The fourth-order valence-corrected chi connectivity index (χ4v) is 10.1. The molecule has 0 bridgehead atoms. The Kier molecular flexibility index (Phi) is 16.6. The fourth-order valence-electron chi connectivity index (χ4n) is 9.33. The number of pyridine rings is 3. The van der Waals surface area contributed by atoms with Crippen LogP contribution in [0.5, 0.6) is 0 Å². The van der Waals surface area contributed by atoms with Gasteiger partial charge in [-0.15, -0.1) is 11.3 Å². The molecule has 5 aromatic rings. The van der Waals surface area contributed by atoms with Crippen LogP contribution >= 0.6 is 11.3 Å². The van der Waals surface area contributed by atoms with Crippen LogP contribution in [0.15, 0.2) is 72.6 Å². The molecule has 1 aromatic carbocycles. The topological polar surface area (TPSA) is 233 Å². The second-order valence-electron chi connectivity index (χ2n) is 20.3. The average molecular weight is 986 g/mol. The van der Waals surface area contributed by atoms with Crippen LogP contribution in [-0.4, -0.2) is 103 Å². The number of thiazole rings is 1. The van der Waals surface area contributed by atoms with Gasteiger partial charge in [0.2, 0.25) is 23.6 Å². The van der Waals surface area contributed by atoms with E-state index in [0.717, 1.165) is 70.4 Å². The van der Waals surface area contributed by atoms with Gasteiger partial charge in [0, 0.05) is 80.5 Å². The van der Waals surface area contributed by atoms with Gasteiger partial charge in [-0.2, -0.15) is 0 Å². The van der Waals surface area contributed by atoms with Gasteiger partial charge >= 0.3 is 0 Å². The van der Waals surface area contributed by atoms with E-state index in [4.69, 9.17) is 0 Å². The average Bonchev–Trinajstić information content (AvgIpc) is 3.93. The molecule has 8 rings (SSSR count). The molecule has 1 aliphatic heterocycles. The number of nitrogens with one attached hydrogen (secondary N) is 6. The lowest BCUT2D eigenvalue weighted by molar-refractivity contribution is -0.144. The Balaban J connectivity index is 0.717. The number of nitrogens with zero attached hydrogens (tertiary/aromatic N) is 5. The van der Waals surface area contributed by atoms with Crippen LogP contribution in [0.4, 0.5) is 17.3 Å². The van der Waals surface area contributed by atoms with Crippen LogP contribution in [0.25, 0.3) is 21.3 Å². The third kappa shape index (κ3) is 13.7. The third-order valence-electron chi connectivity index (χ3n) is 13.6. The number of likely N-dealkylation sites (tertiary alicyclic amines) is 1. The Morgan fingerprint density at radius 1 is 0.845 bits per heavy atom. The second-order valence-corrected chi connectivity index (χ2v) is 21.2. The lowest BCUT2D eigenvalue weighted by atomic mass is 9.85. The van der Waals surface area contributed by atoms with Gasteiger partial charge in [0.15, 0.2) is 0 Å². The molecule has 2 aliphatic carbocycles. The number of hydrogen-bond donors (Lipinski definition) is 7. The molecule has 1 saturated heterocycles. The smallest absolute Gasteiger partial charge is 0.255 e. The number of aliphatic hydroxyl groups excluding tert-OH is 1. The molecule has 3 atom stereocenters. The van der Waals surface area contributed by atoms with Gasteiger partial charge in [-0.05, 0) is 93.0 Å². The summed E-state index contributed by atoms with van der Waals surface area (Å²) in [5.41, 5.74) is 6.12. The highest BCUT2D eigenvalue weighted by Crippen LogP contribution is 2.32. The summed E-state index contributed by atoms with van der Waals surface area (Å²) in [5.74, 6) is -0.0316. The van der Waals surface area contributed by atoms with Crippen molar-refractivity contribution in [3.8, 4) is 10.4 Å². The first-order valence-corrected chi connectivity index (χ1v) is 25.9. The maximum atomic E-state index is 14.0. The van der Waals surface area contributed by atoms with Crippen molar-refractivity contribution in [1.29, 1.82) is 0 Å². The Morgan fingerprint density at radius 3 is 2.34 bits per heavy atom. The second kappa shape index (κ2) is 23.1. The van der Waals surface area contributed by atoms with Gasteiger partial charge in [-0.25, -0.2) is 15.0 Å². The molecular formula is C53H67N11O6S. The van der Waals surface area contributed by atoms with E-state index in [2.05, 4.69) is 51.8 Å². The lowest BCUT2D eigenvalue weighted by Gasteiger charge is -2.35. The van der Waals surface area contributed by atoms with E-state index < -0.39 is 29.5 Å². The van der Waals surface area contributed by atoms with E-state index in [9.17, 15) is 29.1 Å². The molecule has 0 spiro atoms. The number of hydrogen-bond acceptors (Lipinski definition) is 13. The number of fused-ring (bicyclic) bond motifs is 1. The van der Waals surface area contributed by atoms with Crippen molar-refractivity contribution in [2.75, 3.05) is 23.7 Å². The molecule has 376 valence electrons. The van der Waals surface area contributed by atoms with Crippen LogP contribution in [-0.2, 0) is 25.7 Å². The third-order valence-corrected chi connectivity index (χ3v) is 14.6. The predicted molar refractivity (Wildman–Crippen MR) is 275 cm³/mol. The number of aliphatic hydroxyl groups is 1. The Labute approximate surface area is 419 Å². The molecule has 4 aromatic heterocycles. The van der Waals surface area contributed by atoms with Crippen molar-refractivity contribution < 1.29 is 29.1 Å². The van der Waals surface area contributed by atoms with E-state index in [1.165, 1.54) is 4.90 Å². The van der Waals surface area contributed by atoms with Crippen molar-refractivity contribution in [3.63, 3.8) is 0 Å². The minimum Gasteiger partial charge on any atom is -0.391 e. The zero-order valence-electron chi connectivity index (χ0n) is 41.1. The normalized spacial score (nSPS) is 19.4. The number of carbonyl (C=O) groups excluding carboxylic acids is 5. The minimum atomic E-state index is -0.890. The number of carbonyl (C=O) groups is 5. The summed E-state index contributed by atoms with van der Waals surface area (Å²) < 4.78 is 0. The van der Waals surface area contributed by atoms with E-state index in [1.807, 2.05) is 81.7 Å². The standard InChI is InChI=1S/C53H67N11O6S/c1-32-47(71-31-58-32)34-12-10-33(11-13-34)27-57-51(69)43-25-39(65)30-64(43)52(70)48(53(2,3)4)63-46(66)9-7-5-6-8-23-55-49(67)35-14-17-38(18-15-35)60-50(68)40-29-56-45(26-42(40)59-37-19-20-37)62-44-21-16-36-28-54-24-22-41(36)61-44/h10-13,16,21-22,24,26,28-29,31,35,37-39,43,48,65H,5-9,14-15,17-20,23,25,27,30H2,1-4H3,(H,55,67)(H,57,69)(H,60,68)(H,63,66)(H2,56,59,61,62)/t35-,38-,39-,43+,48-/m1/s1. The molecule has 17 nitrogen and oxygen atoms in total. The molecule has 2 saturated carbocycles. The number of β-amino-alcohol motifs (C(OH)–C–C–N with tert-alkyl or cyclic N) is 1. The van der Waals surface area contributed by atoms with Gasteiger partial charge in [-0.1, -0.05) is 57.9 Å². The van der Waals surface area contributed by atoms with Gasteiger partial charge < -0.3 is 41.9 Å². The molecule has 7 N–H and O–H groups in total. The molecular weight excluding hydrogens is 919 g/mol. The number of benzene rings is 1. The Bertz CT molecular complexity index is 2680. The first-order valence-electron chi connectivity index (χ1n) is 25.1. The number of unbranched alkanes of at least 4 members (excludes halogenated alkanes) is 3. The maximum Gasteiger partial charge on any atom is 0.255 e. The summed E-state index contributed by atoms with van der Waals surface area (Å²) in [5, 5.41) is 30.5. The van der Waals surface area contributed by atoms with Crippen molar-refractivity contribution in [3.05, 3.63) is 89.5 Å². The number of aryl methyl sites for hydroxylation is 1. The Morgan fingerprint density at radius 2 is 1.61 bits per heavy atom. The number of anilines is 3. The van der Waals surface area contributed by atoms with Crippen molar-refractivity contribution in [1.82, 2.24) is 46.1 Å². The van der Waals surface area contributed by atoms with Gasteiger partial charge in [0.25, 0.3) is 5.91 Å². The fraction of sp³-hybridized carbons (Fsp3) is 0.491. The summed E-state index contributed by atoms with van der Waals surface area (Å²) in [6.45, 7) is 8.41. The highest BCUT2D eigenvalue weighted by atomic mass is 32.1. The van der Waals surface area contributed by atoms with Crippen LogP contribution in [0.3, 0.4) is 0 Å². The quantitative estimate of drug-likeness (QED) is 0.0393. The maximum absolute atomic E-state index is 14.0. The van der Waals surface area contributed by atoms with Crippen LogP contribution < -0.4 is 31.9 Å². The first kappa shape index (κ1) is 50.8. The monoisotopic (exact) mass is 985 g/mol. The van der Waals surface area contributed by atoms with Crippen molar-refractivity contribution >= 4 is 69.1 Å². The summed E-state index contributed by atoms with van der Waals surface area (Å²) in [7, 11) is 0. The van der Waals surface area contributed by atoms with Crippen LogP contribution in [0.2, 0.25) is 0 Å². The number of amides is 5. The zero-order valence-corrected chi connectivity index (χ0v) is 41.9. The SMILES string of the molecule is Cc1ncsc1-c1ccc(CNC(=O)[C@@H]2C[C@@H](O)CN2C(=O)[C@@H](NC(=O)CCCCCCNC(=O)[C@H]2CC[C@H](NC(=O)c3cnc(Nc4ccc5cnccc5n4)cc3NC3CC3)CC2)C(C)(C)C)cc1. The predicted octanol–water partition coefficient (Wildman–Crippen LogP) is 6.94. The van der Waals surface area contributed by atoms with E-state index in [-0.39, 0.29) is 61.5 Å². The zero-order chi connectivity index (χ0) is 50.1. The van der Waals surface area contributed by atoms with Gasteiger partial charge in [0.1, 0.15) is 23.7 Å². The number of aromatic nitrogens is 4. The molecule has 18 heteroatoms. The molecule has 71 heavy (non-hydrogen) atoms. The van der Waals surface area contributed by atoms with E-state index in [0.29, 0.717) is 61.9 Å².